The zero-order chi connectivity index (χ0) is 13.3. The van der Waals surface area contributed by atoms with Gasteiger partial charge in [0.15, 0.2) is 0 Å². The average molecular weight is 285 g/mol. The molecule has 2 N–H and O–H groups in total. The van der Waals surface area contributed by atoms with E-state index < -0.39 is 0 Å². The molecule has 0 radical (unpaired) electrons. The summed E-state index contributed by atoms with van der Waals surface area (Å²) in [7, 11) is 0. The van der Waals surface area contributed by atoms with E-state index in [1.165, 1.54) is 12.1 Å². The van der Waals surface area contributed by atoms with Gasteiger partial charge >= 0.3 is 0 Å². The maximum absolute atomic E-state index is 12.9. The molecule has 1 atom stereocenters. The fourth-order valence-corrected chi connectivity index (χ4v) is 3.07. The molecule has 0 aliphatic heterocycles. The van der Waals surface area contributed by atoms with Gasteiger partial charge in [0.05, 0.1) is 10.7 Å². The zero-order valence-electron chi connectivity index (χ0n) is 10.2. The highest BCUT2D eigenvalue weighted by Gasteiger charge is 2.12. The quantitative estimate of drug-likeness (QED) is 0.930. The van der Waals surface area contributed by atoms with Gasteiger partial charge in [-0.2, -0.15) is 0 Å². The number of nitrogens with zero attached hydrogens (tertiary/aromatic N) is 1. The number of benzene rings is 1. The van der Waals surface area contributed by atoms with Crippen LogP contribution in [-0.4, -0.2) is 4.98 Å². The Balaban J connectivity index is 2.26. The second-order valence-electron chi connectivity index (χ2n) is 4.26. The second-order valence-corrected chi connectivity index (χ2v) is 5.78. The fourth-order valence-electron chi connectivity index (χ4n) is 1.79. The minimum absolute atomic E-state index is 0.0139. The number of hydrogen-bond acceptors (Lipinski definition) is 3. The lowest BCUT2D eigenvalue weighted by Crippen LogP contribution is -2.03. The van der Waals surface area contributed by atoms with E-state index in [4.69, 9.17) is 17.3 Å². The number of aryl methyl sites for hydroxylation is 1. The summed E-state index contributed by atoms with van der Waals surface area (Å²) in [5.74, 6) is -0.324. The Morgan fingerprint density at radius 3 is 2.78 bits per heavy atom. The van der Waals surface area contributed by atoms with E-state index in [1.807, 2.05) is 13.8 Å². The number of thiazole rings is 1. The Bertz CT molecular complexity index is 566. The summed E-state index contributed by atoms with van der Waals surface area (Å²) in [5, 5.41) is 1.39. The van der Waals surface area contributed by atoms with Crippen LogP contribution in [0.3, 0.4) is 0 Å². The highest BCUT2D eigenvalue weighted by Crippen LogP contribution is 2.27. The van der Waals surface area contributed by atoms with Crippen molar-refractivity contribution in [2.75, 3.05) is 0 Å². The number of rotatable bonds is 3. The van der Waals surface area contributed by atoms with Gasteiger partial charge in [0, 0.05) is 22.4 Å². The van der Waals surface area contributed by atoms with Crippen molar-refractivity contribution in [1.82, 2.24) is 4.98 Å². The summed E-state index contributed by atoms with van der Waals surface area (Å²) >= 11 is 7.59. The first-order chi connectivity index (χ1) is 8.47. The van der Waals surface area contributed by atoms with Gasteiger partial charge in [-0.15, -0.1) is 11.3 Å². The molecule has 2 nitrogen and oxygen atoms in total. The van der Waals surface area contributed by atoms with Crippen molar-refractivity contribution >= 4 is 22.9 Å². The molecule has 1 unspecified atom stereocenters. The molecule has 1 aromatic heterocycles. The van der Waals surface area contributed by atoms with Crippen molar-refractivity contribution in [3.8, 4) is 0 Å². The Kier molecular flexibility index (Phi) is 4.00. The largest absolute Gasteiger partial charge is 0.323 e. The first kappa shape index (κ1) is 13.5. The molecule has 0 bridgehead atoms. The van der Waals surface area contributed by atoms with Gasteiger partial charge in [-0.05, 0) is 31.5 Å². The third-order valence-electron chi connectivity index (χ3n) is 2.65. The van der Waals surface area contributed by atoms with Crippen LogP contribution in [-0.2, 0) is 6.42 Å². The van der Waals surface area contributed by atoms with Crippen molar-refractivity contribution in [2.24, 2.45) is 5.73 Å². The van der Waals surface area contributed by atoms with E-state index in [0.717, 1.165) is 21.1 Å². The van der Waals surface area contributed by atoms with Crippen LogP contribution in [0.15, 0.2) is 18.2 Å². The van der Waals surface area contributed by atoms with Crippen molar-refractivity contribution in [3.05, 3.63) is 50.2 Å². The van der Waals surface area contributed by atoms with Crippen LogP contribution < -0.4 is 5.73 Å². The first-order valence-corrected chi connectivity index (χ1v) is 6.82. The van der Waals surface area contributed by atoms with Crippen molar-refractivity contribution in [2.45, 2.75) is 26.3 Å². The van der Waals surface area contributed by atoms with Gasteiger partial charge in [0.25, 0.3) is 0 Å². The summed E-state index contributed by atoms with van der Waals surface area (Å²) in [4.78, 5) is 5.56. The Labute approximate surface area is 115 Å². The van der Waals surface area contributed by atoms with Crippen molar-refractivity contribution in [3.63, 3.8) is 0 Å². The van der Waals surface area contributed by atoms with E-state index in [2.05, 4.69) is 4.98 Å². The molecule has 1 aromatic carbocycles. The van der Waals surface area contributed by atoms with Crippen LogP contribution in [0.2, 0.25) is 5.02 Å². The summed E-state index contributed by atoms with van der Waals surface area (Å²) < 4.78 is 12.9. The average Bonchev–Trinajstić information content (AvgIpc) is 2.64. The van der Waals surface area contributed by atoms with E-state index in [1.54, 1.807) is 17.4 Å². The molecule has 0 spiro atoms. The highest BCUT2D eigenvalue weighted by molar-refractivity contribution is 7.11. The molecule has 0 saturated carbocycles. The molecule has 0 saturated heterocycles. The van der Waals surface area contributed by atoms with Gasteiger partial charge < -0.3 is 5.73 Å². The van der Waals surface area contributed by atoms with Crippen molar-refractivity contribution in [1.29, 1.82) is 0 Å². The normalized spacial score (nSPS) is 12.7. The van der Waals surface area contributed by atoms with Crippen LogP contribution in [0.25, 0.3) is 0 Å². The molecule has 96 valence electrons. The minimum Gasteiger partial charge on any atom is -0.323 e. The number of aromatic nitrogens is 1. The van der Waals surface area contributed by atoms with Gasteiger partial charge in [0.2, 0.25) is 0 Å². The summed E-state index contributed by atoms with van der Waals surface area (Å²) in [5.41, 5.74) is 7.70. The molecule has 5 heteroatoms. The van der Waals surface area contributed by atoms with Gasteiger partial charge in [-0.25, -0.2) is 9.37 Å². The molecular formula is C13H14ClFN2S. The molecule has 0 aliphatic carbocycles. The third kappa shape index (κ3) is 2.88. The van der Waals surface area contributed by atoms with E-state index in [-0.39, 0.29) is 11.9 Å². The monoisotopic (exact) mass is 284 g/mol. The van der Waals surface area contributed by atoms with Crippen LogP contribution in [0, 0.1) is 12.7 Å². The van der Waals surface area contributed by atoms with E-state index >= 15 is 0 Å². The lowest BCUT2D eigenvalue weighted by molar-refractivity contribution is 0.627. The van der Waals surface area contributed by atoms with E-state index in [9.17, 15) is 4.39 Å². The number of hydrogen-bond donors (Lipinski definition) is 1. The smallest absolute Gasteiger partial charge is 0.124 e. The highest BCUT2D eigenvalue weighted by atomic mass is 35.5. The van der Waals surface area contributed by atoms with Gasteiger partial charge in [-0.1, -0.05) is 17.7 Å². The van der Waals surface area contributed by atoms with Gasteiger partial charge in [0.1, 0.15) is 5.82 Å². The summed E-state index contributed by atoms with van der Waals surface area (Å²) in [6.45, 7) is 3.89. The Morgan fingerprint density at radius 2 is 2.22 bits per heavy atom. The molecule has 2 rings (SSSR count). The van der Waals surface area contributed by atoms with Crippen LogP contribution in [0.4, 0.5) is 4.39 Å². The van der Waals surface area contributed by atoms with Crippen LogP contribution in [0.1, 0.15) is 34.1 Å². The first-order valence-electron chi connectivity index (χ1n) is 5.63. The standard InChI is InChI=1S/C13H14ClFN2S/c1-7(16)13-8(2)17-12(18-13)5-9-3-4-10(15)6-11(9)14/h3-4,6-7H,5,16H2,1-2H3. The van der Waals surface area contributed by atoms with Crippen LogP contribution >= 0.6 is 22.9 Å². The SMILES string of the molecule is Cc1nc(Cc2ccc(F)cc2Cl)sc1C(C)N. The number of halogens is 2. The second kappa shape index (κ2) is 5.34. The number of nitrogens with two attached hydrogens (primary N) is 1. The predicted octanol–water partition coefficient (Wildman–Crippen LogP) is 3.85. The molecule has 1 heterocycles. The zero-order valence-corrected chi connectivity index (χ0v) is 11.8. The lowest BCUT2D eigenvalue weighted by atomic mass is 10.1. The molecular weight excluding hydrogens is 271 g/mol. The summed E-state index contributed by atoms with van der Waals surface area (Å²) in [6, 6.07) is 4.41. The maximum atomic E-state index is 12.9. The Hall–Kier alpha value is -0.970. The molecule has 0 amide bonds. The summed E-state index contributed by atoms with van der Waals surface area (Å²) in [6.07, 6.45) is 0.608. The minimum atomic E-state index is -0.324. The molecule has 0 aliphatic rings. The lowest BCUT2D eigenvalue weighted by Gasteiger charge is -2.02. The van der Waals surface area contributed by atoms with Gasteiger partial charge in [-0.3, -0.25) is 0 Å². The fraction of sp³-hybridized carbons (Fsp3) is 0.308. The topological polar surface area (TPSA) is 38.9 Å². The van der Waals surface area contributed by atoms with E-state index in [0.29, 0.717) is 11.4 Å². The third-order valence-corrected chi connectivity index (χ3v) is 4.36. The maximum Gasteiger partial charge on any atom is 0.124 e. The molecule has 18 heavy (non-hydrogen) atoms. The van der Waals surface area contributed by atoms with Crippen molar-refractivity contribution < 1.29 is 4.39 Å². The predicted molar refractivity (Wildman–Crippen MR) is 73.7 cm³/mol. The molecule has 2 aromatic rings. The van der Waals surface area contributed by atoms with Crippen LogP contribution in [0.5, 0.6) is 0 Å². The molecule has 0 fully saturated rings. The Morgan fingerprint density at radius 1 is 1.50 bits per heavy atom.